The van der Waals surface area contributed by atoms with E-state index in [1.807, 2.05) is 6.92 Å². The Labute approximate surface area is 111 Å². The Kier molecular flexibility index (Phi) is 5.69. The molecule has 0 fully saturated rings. The van der Waals surface area contributed by atoms with Crippen molar-refractivity contribution in [3.63, 3.8) is 0 Å². The summed E-state index contributed by atoms with van der Waals surface area (Å²) in [4.78, 5) is 13.6. The lowest BCUT2D eigenvalue weighted by Crippen LogP contribution is -2.34. The normalized spacial score (nSPS) is 10.5. The van der Waals surface area contributed by atoms with Gasteiger partial charge in [0.25, 0.3) is 5.91 Å². The van der Waals surface area contributed by atoms with Crippen molar-refractivity contribution in [1.82, 2.24) is 4.90 Å². The number of amides is 1. The van der Waals surface area contributed by atoms with Crippen molar-refractivity contribution in [3.8, 4) is 0 Å². The molecule has 0 saturated heterocycles. The van der Waals surface area contributed by atoms with Crippen LogP contribution in [0.25, 0.3) is 0 Å². The van der Waals surface area contributed by atoms with Crippen molar-refractivity contribution in [1.29, 1.82) is 0 Å². The Bertz CT molecular complexity index is 453. The number of anilines is 1. The summed E-state index contributed by atoms with van der Waals surface area (Å²) in [6, 6.07) is 1.65. The largest absolute Gasteiger partial charge is 0.398 e. The highest BCUT2D eigenvalue weighted by atomic mass is 19.2. The lowest BCUT2D eigenvalue weighted by atomic mass is 10.1. The number of benzene rings is 1. The molecule has 0 spiro atoms. The number of rotatable bonds is 6. The van der Waals surface area contributed by atoms with Crippen molar-refractivity contribution in [2.75, 3.05) is 32.0 Å². The number of likely N-dealkylation sites (N-methyl/N-ethyl adjacent to an activating group) is 1. The lowest BCUT2D eigenvalue weighted by Gasteiger charge is -2.21. The van der Waals surface area contributed by atoms with Gasteiger partial charge in [-0.25, -0.2) is 8.78 Å². The van der Waals surface area contributed by atoms with Gasteiger partial charge in [0.05, 0.1) is 12.2 Å². The summed E-state index contributed by atoms with van der Waals surface area (Å²) >= 11 is 0. The van der Waals surface area contributed by atoms with Crippen LogP contribution in [0.4, 0.5) is 14.5 Å². The van der Waals surface area contributed by atoms with Crippen LogP contribution in [0.1, 0.15) is 24.2 Å². The van der Waals surface area contributed by atoms with E-state index in [9.17, 15) is 13.6 Å². The second-order valence-corrected chi connectivity index (χ2v) is 3.94. The smallest absolute Gasteiger partial charge is 0.256 e. The van der Waals surface area contributed by atoms with Crippen molar-refractivity contribution in [3.05, 3.63) is 29.3 Å². The van der Waals surface area contributed by atoms with Crippen LogP contribution in [0.3, 0.4) is 0 Å². The minimum Gasteiger partial charge on any atom is -0.398 e. The Morgan fingerprint density at radius 2 is 1.95 bits per heavy atom. The van der Waals surface area contributed by atoms with Gasteiger partial charge in [0.15, 0.2) is 11.6 Å². The van der Waals surface area contributed by atoms with Gasteiger partial charge in [-0.2, -0.15) is 0 Å². The molecule has 1 aromatic rings. The average molecular weight is 272 g/mol. The zero-order valence-electron chi connectivity index (χ0n) is 11.1. The van der Waals surface area contributed by atoms with Crippen molar-refractivity contribution in [2.45, 2.75) is 13.8 Å². The van der Waals surface area contributed by atoms with Gasteiger partial charge in [-0.3, -0.25) is 4.79 Å². The molecule has 0 radical (unpaired) electrons. The summed E-state index contributed by atoms with van der Waals surface area (Å²) in [6.45, 7) is 5.40. The lowest BCUT2D eigenvalue weighted by molar-refractivity contribution is 0.0669. The van der Waals surface area contributed by atoms with Gasteiger partial charge in [-0.1, -0.05) is 0 Å². The third kappa shape index (κ3) is 3.89. The number of hydrogen-bond acceptors (Lipinski definition) is 3. The molecule has 19 heavy (non-hydrogen) atoms. The summed E-state index contributed by atoms with van der Waals surface area (Å²) in [6.07, 6.45) is 0. The Morgan fingerprint density at radius 3 is 2.53 bits per heavy atom. The van der Waals surface area contributed by atoms with Crippen LogP contribution in [0.5, 0.6) is 0 Å². The fraction of sp³-hybridized carbons (Fsp3) is 0.462. The molecule has 0 aromatic heterocycles. The summed E-state index contributed by atoms with van der Waals surface area (Å²) in [5.74, 6) is -2.58. The van der Waals surface area contributed by atoms with Crippen LogP contribution in [0.2, 0.25) is 0 Å². The summed E-state index contributed by atoms with van der Waals surface area (Å²) in [5.41, 5.74) is 5.45. The van der Waals surface area contributed by atoms with Crippen LogP contribution >= 0.6 is 0 Å². The average Bonchev–Trinajstić information content (AvgIpc) is 2.38. The molecule has 1 aromatic carbocycles. The fourth-order valence-corrected chi connectivity index (χ4v) is 1.64. The van der Waals surface area contributed by atoms with E-state index in [1.165, 1.54) is 4.90 Å². The van der Waals surface area contributed by atoms with E-state index in [-0.39, 0.29) is 11.3 Å². The van der Waals surface area contributed by atoms with Gasteiger partial charge >= 0.3 is 0 Å². The van der Waals surface area contributed by atoms with E-state index in [4.69, 9.17) is 10.5 Å². The predicted octanol–water partition coefficient (Wildman–Crippen LogP) is 2.05. The molecule has 0 bridgehead atoms. The zero-order chi connectivity index (χ0) is 14.4. The maximum Gasteiger partial charge on any atom is 0.256 e. The van der Waals surface area contributed by atoms with E-state index >= 15 is 0 Å². The van der Waals surface area contributed by atoms with Gasteiger partial charge in [-0.05, 0) is 19.9 Å². The number of halogens is 2. The quantitative estimate of drug-likeness (QED) is 0.637. The first-order valence-electron chi connectivity index (χ1n) is 6.12. The number of ether oxygens (including phenoxy) is 1. The summed E-state index contributed by atoms with van der Waals surface area (Å²) < 4.78 is 31.3. The number of nitrogen functional groups attached to an aromatic ring is 1. The highest BCUT2D eigenvalue weighted by Gasteiger charge is 2.19. The van der Waals surface area contributed by atoms with Gasteiger partial charge in [0.2, 0.25) is 0 Å². The van der Waals surface area contributed by atoms with E-state index in [2.05, 4.69) is 0 Å². The van der Waals surface area contributed by atoms with E-state index in [1.54, 1.807) is 6.92 Å². The van der Waals surface area contributed by atoms with Crippen LogP contribution in [-0.4, -0.2) is 37.1 Å². The Morgan fingerprint density at radius 1 is 1.32 bits per heavy atom. The minimum atomic E-state index is -1.08. The van der Waals surface area contributed by atoms with Gasteiger partial charge < -0.3 is 15.4 Å². The second kappa shape index (κ2) is 7.04. The van der Waals surface area contributed by atoms with E-state index in [0.29, 0.717) is 26.3 Å². The standard InChI is InChI=1S/C13H18F2N2O2/c1-3-17(5-6-19-4-2)13(18)9-7-10(14)11(15)8-12(9)16/h7-8H,3-6,16H2,1-2H3. The number of nitrogens with two attached hydrogens (primary N) is 1. The van der Waals surface area contributed by atoms with Crippen LogP contribution in [-0.2, 0) is 4.74 Å². The molecule has 0 saturated carbocycles. The van der Waals surface area contributed by atoms with Gasteiger partial charge in [0.1, 0.15) is 0 Å². The van der Waals surface area contributed by atoms with Gasteiger partial charge in [-0.15, -0.1) is 0 Å². The molecule has 0 heterocycles. The highest BCUT2D eigenvalue weighted by Crippen LogP contribution is 2.18. The van der Waals surface area contributed by atoms with Crippen molar-refractivity contribution in [2.24, 2.45) is 0 Å². The Hall–Kier alpha value is -1.69. The summed E-state index contributed by atoms with van der Waals surface area (Å²) in [5, 5.41) is 0. The molecule has 0 aliphatic carbocycles. The molecule has 2 N–H and O–H groups in total. The number of hydrogen-bond donors (Lipinski definition) is 1. The SMILES string of the molecule is CCOCCN(CC)C(=O)c1cc(F)c(F)cc1N. The fourth-order valence-electron chi connectivity index (χ4n) is 1.64. The van der Waals surface area contributed by atoms with E-state index < -0.39 is 17.5 Å². The molecule has 1 rings (SSSR count). The predicted molar refractivity (Wildman–Crippen MR) is 68.8 cm³/mol. The molecule has 0 unspecified atom stereocenters. The highest BCUT2D eigenvalue weighted by molar-refractivity contribution is 5.99. The molecule has 0 aliphatic rings. The second-order valence-electron chi connectivity index (χ2n) is 3.94. The topological polar surface area (TPSA) is 55.6 Å². The first-order chi connectivity index (χ1) is 9.01. The molecular formula is C13H18F2N2O2. The molecule has 106 valence electrons. The molecule has 0 aliphatic heterocycles. The monoisotopic (exact) mass is 272 g/mol. The maximum absolute atomic E-state index is 13.2. The molecule has 0 atom stereocenters. The van der Waals surface area contributed by atoms with Gasteiger partial charge in [0, 0.05) is 31.5 Å². The summed E-state index contributed by atoms with van der Waals surface area (Å²) in [7, 11) is 0. The molecule has 1 amide bonds. The number of nitrogens with zero attached hydrogens (tertiary/aromatic N) is 1. The number of carbonyl (C=O) groups excluding carboxylic acids is 1. The molecule has 6 heteroatoms. The first-order valence-corrected chi connectivity index (χ1v) is 6.12. The van der Waals surface area contributed by atoms with E-state index in [0.717, 1.165) is 12.1 Å². The minimum absolute atomic E-state index is 0.0303. The van der Waals surface area contributed by atoms with Crippen LogP contribution in [0.15, 0.2) is 12.1 Å². The van der Waals surface area contributed by atoms with Crippen molar-refractivity contribution < 1.29 is 18.3 Å². The molecular weight excluding hydrogens is 254 g/mol. The van der Waals surface area contributed by atoms with Crippen molar-refractivity contribution >= 4 is 11.6 Å². The Balaban J connectivity index is 2.88. The third-order valence-corrected chi connectivity index (χ3v) is 2.70. The zero-order valence-corrected chi connectivity index (χ0v) is 11.1. The van der Waals surface area contributed by atoms with Crippen LogP contribution in [0, 0.1) is 11.6 Å². The molecule has 4 nitrogen and oxygen atoms in total. The first kappa shape index (κ1) is 15.4. The van der Waals surface area contributed by atoms with Crippen LogP contribution < -0.4 is 5.73 Å². The third-order valence-electron chi connectivity index (χ3n) is 2.70. The maximum atomic E-state index is 13.2. The number of carbonyl (C=O) groups is 1.